The monoisotopic (exact) mass is 400 g/mol. The number of H-pyrrole nitrogens is 1. The van der Waals surface area contributed by atoms with E-state index in [1.165, 1.54) is 0 Å². The van der Waals surface area contributed by atoms with Crippen LogP contribution in [0.4, 0.5) is 0 Å². The average Bonchev–Trinajstić information content (AvgIpc) is 3.30. The van der Waals surface area contributed by atoms with E-state index in [-0.39, 0.29) is 0 Å². The van der Waals surface area contributed by atoms with Crippen LogP contribution in [-0.2, 0) is 11.3 Å². The van der Waals surface area contributed by atoms with E-state index in [4.69, 9.17) is 14.2 Å². The maximum Gasteiger partial charge on any atom is 0.137 e. The summed E-state index contributed by atoms with van der Waals surface area (Å²) in [6, 6.07) is 25.9. The summed E-state index contributed by atoms with van der Waals surface area (Å²) in [4.78, 5) is 7.86. The Labute approximate surface area is 176 Å². The molecule has 0 amide bonds. The van der Waals surface area contributed by atoms with Crippen LogP contribution in [0.3, 0.4) is 0 Å². The van der Waals surface area contributed by atoms with Crippen molar-refractivity contribution in [3.63, 3.8) is 0 Å². The van der Waals surface area contributed by atoms with Gasteiger partial charge in [-0.3, -0.25) is 0 Å². The van der Waals surface area contributed by atoms with Gasteiger partial charge in [0, 0.05) is 5.56 Å². The zero-order valence-electron chi connectivity index (χ0n) is 16.9. The van der Waals surface area contributed by atoms with E-state index in [0.29, 0.717) is 19.8 Å². The molecule has 0 saturated heterocycles. The molecule has 0 saturated carbocycles. The van der Waals surface area contributed by atoms with Crippen molar-refractivity contribution in [1.82, 2.24) is 9.97 Å². The molecule has 0 bridgehead atoms. The number of benzene rings is 3. The number of methoxy groups -OCH3 is 1. The Kier molecular flexibility index (Phi) is 6.42. The van der Waals surface area contributed by atoms with Gasteiger partial charge in [-0.15, -0.1) is 0 Å². The van der Waals surface area contributed by atoms with Gasteiger partial charge >= 0.3 is 0 Å². The predicted octanol–water partition coefficient (Wildman–Crippen LogP) is 5.35. The molecular formula is C25H24N2O3. The number of nitrogens with one attached hydrogen (secondary N) is 1. The summed E-state index contributed by atoms with van der Waals surface area (Å²) >= 11 is 0. The smallest absolute Gasteiger partial charge is 0.137 e. The SMILES string of the molecule is COc1ccc(-c2ncc(-c3ccc(OCCOCc4ccccc4)cc3)[nH]2)cc1. The number of nitrogens with zero attached hydrogens (tertiary/aromatic N) is 1. The Balaban J connectivity index is 1.28. The predicted molar refractivity (Wildman–Crippen MR) is 118 cm³/mol. The summed E-state index contributed by atoms with van der Waals surface area (Å²) in [5.74, 6) is 2.46. The van der Waals surface area contributed by atoms with Crippen molar-refractivity contribution in [2.75, 3.05) is 20.3 Å². The Hall–Kier alpha value is -3.57. The molecule has 0 aliphatic heterocycles. The number of ether oxygens (including phenoxy) is 3. The molecule has 0 atom stereocenters. The lowest BCUT2D eigenvalue weighted by atomic mass is 10.1. The van der Waals surface area contributed by atoms with Crippen LogP contribution < -0.4 is 9.47 Å². The number of hydrogen-bond acceptors (Lipinski definition) is 4. The molecule has 0 aliphatic rings. The fourth-order valence-electron chi connectivity index (χ4n) is 3.08. The van der Waals surface area contributed by atoms with E-state index >= 15 is 0 Å². The van der Waals surface area contributed by atoms with Gasteiger partial charge in [-0.25, -0.2) is 4.98 Å². The summed E-state index contributed by atoms with van der Waals surface area (Å²) in [5.41, 5.74) is 4.18. The molecule has 4 aromatic rings. The van der Waals surface area contributed by atoms with Crippen LogP contribution in [-0.4, -0.2) is 30.3 Å². The van der Waals surface area contributed by atoms with E-state index in [2.05, 4.69) is 22.1 Å². The van der Waals surface area contributed by atoms with Crippen molar-refractivity contribution in [1.29, 1.82) is 0 Å². The van der Waals surface area contributed by atoms with Gasteiger partial charge in [0.15, 0.2) is 0 Å². The van der Waals surface area contributed by atoms with Crippen LogP contribution in [0.5, 0.6) is 11.5 Å². The Morgan fingerprint density at radius 1 is 0.767 bits per heavy atom. The van der Waals surface area contributed by atoms with Gasteiger partial charge in [-0.2, -0.15) is 0 Å². The first-order valence-electron chi connectivity index (χ1n) is 9.86. The zero-order chi connectivity index (χ0) is 20.6. The Bertz CT molecular complexity index is 1040. The van der Waals surface area contributed by atoms with Crippen molar-refractivity contribution < 1.29 is 14.2 Å². The Morgan fingerprint density at radius 3 is 2.20 bits per heavy atom. The van der Waals surface area contributed by atoms with Crippen LogP contribution in [0.2, 0.25) is 0 Å². The van der Waals surface area contributed by atoms with Crippen LogP contribution in [0, 0.1) is 0 Å². The average molecular weight is 400 g/mol. The normalized spacial score (nSPS) is 10.7. The summed E-state index contributed by atoms with van der Waals surface area (Å²) in [6.07, 6.45) is 1.84. The van der Waals surface area contributed by atoms with E-state index in [1.54, 1.807) is 7.11 Å². The van der Waals surface area contributed by atoms with Crippen LogP contribution in [0.1, 0.15) is 5.56 Å². The number of hydrogen-bond donors (Lipinski definition) is 1. The molecule has 152 valence electrons. The molecule has 5 nitrogen and oxygen atoms in total. The molecule has 0 unspecified atom stereocenters. The molecule has 1 aromatic heterocycles. The van der Waals surface area contributed by atoms with E-state index in [0.717, 1.165) is 39.7 Å². The number of aromatic amines is 1. The summed E-state index contributed by atoms with van der Waals surface area (Å²) in [7, 11) is 1.66. The third-order valence-corrected chi connectivity index (χ3v) is 4.71. The first kappa shape index (κ1) is 19.7. The maximum absolute atomic E-state index is 5.77. The molecule has 1 heterocycles. The molecule has 4 rings (SSSR count). The first-order chi connectivity index (χ1) is 14.8. The van der Waals surface area contributed by atoms with E-state index < -0.39 is 0 Å². The molecule has 0 fully saturated rings. The molecule has 3 aromatic carbocycles. The van der Waals surface area contributed by atoms with Crippen molar-refractivity contribution in [2.45, 2.75) is 6.61 Å². The summed E-state index contributed by atoms with van der Waals surface area (Å²) < 4.78 is 16.6. The molecule has 0 radical (unpaired) electrons. The lowest BCUT2D eigenvalue weighted by Gasteiger charge is -2.08. The van der Waals surface area contributed by atoms with E-state index in [1.807, 2.05) is 72.9 Å². The third kappa shape index (κ3) is 5.07. The zero-order valence-corrected chi connectivity index (χ0v) is 16.9. The standard InChI is InChI=1S/C25H24N2O3/c1-28-22-11-9-21(10-12-22)25-26-17-24(27-25)20-7-13-23(14-8-20)30-16-15-29-18-19-5-3-2-4-6-19/h2-14,17H,15-16,18H2,1H3,(H,26,27). The molecular weight excluding hydrogens is 376 g/mol. The maximum atomic E-state index is 5.77. The quantitative estimate of drug-likeness (QED) is 0.385. The number of aromatic nitrogens is 2. The van der Waals surface area contributed by atoms with Crippen LogP contribution in [0.25, 0.3) is 22.6 Å². The lowest BCUT2D eigenvalue weighted by molar-refractivity contribution is 0.0889. The summed E-state index contributed by atoms with van der Waals surface area (Å²) in [5, 5.41) is 0. The minimum atomic E-state index is 0.512. The number of rotatable bonds is 9. The van der Waals surface area contributed by atoms with Gasteiger partial charge in [0.05, 0.1) is 32.2 Å². The fraction of sp³-hybridized carbons (Fsp3) is 0.160. The second-order valence-corrected chi connectivity index (χ2v) is 6.79. The number of imidazole rings is 1. The second kappa shape index (κ2) is 9.76. The highest BCUT2D eigenvalue weighted by Crippen LogP contribution is 2.25. The Morgan fingerprint density at radius 2 is 1.47 bits per heavy atom. The van der Waals surface area contributed by atoms with E-state index in [9.17, 15) is 0 Å². The molecule has 1 N–H and O–H groups in total. The third-order valence-electron chi connectivity index (χ3n) is 4.71. The van der Waals surface area contributed by atoms with Crippen molar-refractivity contribution in [2.24, 2.45) is 0 Å². The van der Waals surface area contributed by atoms with Crippen molar-refractivity contribution in [3.05, 3.63) is 90.6 Å². The van der Waals surface area contributed by atoms with Gasteiger partial charge in [-0.05, 0) is 59.7 Å². The molecule has 30 heavy (non-hydrogen) atoms. The van der Waals surface area contributed by atoms with Gasteiger partial charge in [-0.1, -0.05) is 30.3 Å². The highest BCUT2D eigenvalue weighted by molar-refractivity contribution is 5.65. The van der Waals surface area contributed by atoms with Gasteiger partial charge in [0.1, 0.15) is 23.9 Å². The van der Waals surface area contributed by atoms with Crippen LogP contribution in [0.15, 0.2) is 85.1 Å². The highest BCUT2D eigenvalue weighted by atomic mass is 16.5. The topological polar surface area (TPSA) is 56.4 Å². The van der Waals surface area contributed by atoms with Crippen molar-refractivity contribution in [3.8, 4) is 34.1 Å². The second-order valence-electron chi connectivity index (χ2n) is 6.79. The largest absolute Gasteiger partial charge is 0.497 e. The molecule has 0 spiro atoms. The molecule has 5 heteroatoms. The molecule has 0 aliphatic carbocycles. The summed E-state index contributed by atoms with van der Waals surface area (Å²) in [6.45, 7) is 1.65. The van der Waals surface area contributed by atoms with Gasteiger partial charge < -0.3 is 19.2 Å². The highest BCUT2D eigenvalue weighted by Gasteiger charge is 2.06. The fourth-order valence-corrected chi connectivity index (χ4v) is 3.08. The minimum Gasteiger partial charge on any atom is -0.497 e. The minimum absolute atomic E-state index is 0.512. The first-order valence-corrected chi connectivity index (χ1v) is 9.86. The van der Waals surface area contributed by atoms with Gasteiger partial charge in [0.25, 0.3) is 0 Å². The lowest BCUT2D eigenvalue weighted by Crippen LogP contribution is -2.06. The van der Waals surface area contributed by atoms with Crippen molar-refractivity contribution >= 4 is 0 Å². The van der Waals surface area contributed by atoms with Gasteiger partial charge in [0.2, 0.25) is 0 Å². The van der Waals surface area contributed by atoms with Crippen LogP contribution >= 0.6 is 0 Å².